The van der Waals surface area contributed by atoms with Crippen molar-refractivity contribution in [2.45, 2.75) is 39.3 Å². The van der Waals surface area contributed by atoms with Gasteiger partial charge >= 0.3 is 0 Å². The largest absolute Gasteiger partial charge is 0.497 e. The first-order chi connectivity index (χ1) is 16.8. The first-order valence-electron chi connectivity index (χ1n) is 12.0. The standard InChI is InChI=1S/C29H35N2O3P/c1-21(2)27-20-31(22-17-23(32-5)19-24(18-22)33-6)28(30-27)29(3,4)34-35(25-13-9-7-10-14-25)26-15-11-8-12-16-26/h7-19,21,27H,20H2,1-6H3/t27-/m1/s1. The normalized spacial score (nSPS) is 16.1. The summed E-state index contributed by atoms with van der Waals surface area (Å²) >= 11 is 0. The maximum Gasteiger partial charge on any atom is 0.136 e. The molecule has 0 fully saturated rings. The molecule has 184 valence electrons. The average Bonchev–Trinajstić information content (AvgIpc) is 3.35. The summed E-state index contributed by atoms with van der Waals surface area (Å²) in [5.41, 5.74) is 0.348. The minimum atomic E-state index is -1.05. The van der Waals surface area contributed by atoms with Crippen LogP contribution in [-0.2, 0) is 4.52 Å². The van der Waals surface area contributed by atoms with Gasteiger partial charge in [0.25, 0.3) is 0 Å². The van der Waals surface area contributed by atoms with E-state index >= 15 is 0 Å². The molecule has 0 spiro atoms. The van der Waals surface area contributed by atoms with Gasteiger partial charge in [0.05, 0.1) is 28.4 Å². The Balaban J connectivity index is 1.74. The van der Waals surface area contributed by atoms with Crippen LogP contribution in [0.3, 0.4) is 0 Å². The Morgan fingerprint density at radius 1 is 0.857 bits per heavy atom. The fourth-order valence-electron chi connectivity index (χ4n) is 4.21. The highest BCUT2D eigenvalue weighted by atomic mass is 31.1. The van der Waals surface area contributed by atoms with Gasteiger partial charge in [-0.25, -0.2) is 0 Å². The molecule has 5 nitrogen and oxygen atoms in total. The summed E-state index contributed by atoms with van der Waals surface area (Å²) in [5, 5.41) is 2.35. The molecule has 1 aliphatic rings. The predicted molar refractivity (Wildman–Crippen MR) is 147 cm³/mol. The molecule has 35 heavy (non-hydrogen) atoms. The second kappa shape index (κ2) is 10.8. The van der Waals surface area contributed by atoms with Crippen LogP contribution in [0.2, 0.25) is 0 Å². The zero-order valence-electron chi connectivity index (χ0n) is 21.4. The number of ether oxygens (including phenoxy) is 2. The van der Waals surface area contributed by atoms with Crippen molar-refractivity contribution >= 4 is 30.3 Å². The van der Waals surface area contributed by atoms with E-state index in [4.69, 9.17) is 19.0 Å². The number of aliphatic imine (C=N–C) groups is 1. The Labute approximate surface area is 210 Å². The zero-order valence-corrected chi connectivity index (χ0v) is 22.3. The maximum atomic E-state index is 7.02. The van der Waals surface area contributed by atoms with E-state index < -0.39 is 13.7 Å². The van der Waals surface area contributed by atoms with Crippen molar-refractivity contribution in [3.8, 4) is 11.5 Å². The third-order valence-electron chi connectivity index (χ3n) is 6.17. The van der Waals surface area contributed by atoms with Gasteiger partial charge < -0.3 is 18.9 Å². The van der Waals surface area contributed by atoms with E-state index in [0.29, 0.717) is 5.92 Å². The smallest absolute Gasteiger partial charge is 0.136 e. The Morgan fingerprint density at radius 3 is 1.83 bits per heavy atom. The molecule has 0 radical (unpaired) electrons. The van der Waals surface area contributed by atoms with Crippen molar-refractivity contribution in [1.82, 2.24) is 0 Å². The fourth-order valence-corrected chi connectivity index (χ4v) is 6.14. The lowest BCUT2D eigenvalue weighted by Gasteiger charge is -2.35. The lowest BCUT2D eigenvalue weighted by Crippen LogP contribution is -2.45. The number of benzene rings is 3. The molecule has 0 saturated heterocycles. The average molecular weight is 491 g/mol. The lowest BCUT2D eigenvalue weighted by molar-refractivity contribution is 0.210. The van der Waals surface area contributed by atoms with Gasteiger partial charge in [0.15, 0.2) is 0 Å². The van der Waals surface area contributed by atoms with E-state index in [1.165, 1.54) is 10.6 Å². The molecule has 1 heterocycles. The molecule has 3 aromatic rings. The summed E-state index contributed by atoms with van der Waals surface area (Å²) in [6, 6.07) is 27.1. The van der Waals surface area contributed by atoms with Gasteiger partial charge in [-0.1, -0.05) is 74.5 Å². The summed E-state index contributed by atoms with van der Waals surface area (Å²) in [7, 11) is 2.30. The molecule has 1 aliphatic heterocycles. The van der Waals surface area contributed by atoms with Crippen LogP contribution >= 0.6 is 8.15 Å². The summed E-state index contributed by atoms with van der Waals surface area (Å²) in [5.74, 6) is 2.83. The summed E-state index contributed by atoms with van der Waals surface area (Å²) in [6.07, 6.45) is 0. The van der Waals surface area contributed by atoms with Crippen LogP contribution in [0.5, 0.6) is 11.5 Å². The second-order valence-corrected chi connectivity index (χ2v) is 11.3. The van der Waals surface area contributed by atoms with Crippen molar-refractivity contribution in [2.24, 2.45) is 10.9 Å². The van der Waals surface area contributed by atoms with Gasteiger partial charge in [0.1, 0.15) is 22.9 Å². The van der Waals surface area contributed by atoms with Crippen molar-refractivity contribution in [3.05, 3.63) is 78.9 Å². The topological polar surface area (TPSA) is 43.3 Å². The van der Waals surface area contributed by atoms with Crippen LogP contribution in [0.1, 0.15) is 27.7 Å². The van der Waals surface area contributed by atoms with Gasteiger partial charge in [0.2, 0.25) is 0 Å². The van der Waals surface area contributed by atoms with E-state index in [1.807, 2.05) is 30.3 Å². The van der Waals surface area contributed by atoms with E-state index in [9.17, 15) is 0 Å². The predicted octanol–water partition coefficient (Wildman–Crippen LogP) is 5.79. The molecular formula is C29H35N2O3P. The van der Waals surface area contributed by atoms with Crippen LogP contribution in [-0.4, -0.2) is 38.2 Å². The van der Waals surface area contributed by atoms with Gasteiger partial charge in [0, 0.05) is 41.0 Å². The van der Waals surface area contributed by atoms with Crippen molar-refractivity contribution in [3.63, 3.8) is 0 Å². The summed E-state index contributed by atoms with van der Waals surface area (Å²) in [4.78, 5) is 7.48. The molecular weight excluding hydrogens is 455 g/mol. The van der Waals surface area contributed by atoms with Gasteiger partial charge in [-0.15, -0.1) is 0 Å². The molecule has 0 N–H and O–H groups in total. The number of methoxy groups -OCH3 is 2. The van der Waals surface area contributed by atoms with Gasteiger partial charge in [-0.2, -0.15) is 0 Å². The Morgan fingerprint density at radius 2 is 1.37 bits per heavy atom. The third kappa shape index (κ3) is 5.69. The number of nitrogens with zero attached hydrogens (tertiary/aromatic N) is 2. The van der Waals surface area contributed by atoms with Crippen LogP contribution in [0, 0.1) is 5.92 Å². The van der Waals surface area contributed by atoms with Crippen LogP contribution in [0.4, 0.5) is 5.69 Å². The van der Waals surface area contributed by atoms with E-state index in [-0.39, 0.29) is 6.04 Å². The van der Waals surface area contributed by atoms with E-state index in [0.717, 1.165) is 29.6 Å². The molecule has 4 rings (SSSR count). The number of hydrogen-bond donors (Lipinski definition) is 0. The number of amidine groups is 1. The second-order valence-electron chi connectivity index (χ2n) is 9.51. The molecule has 0 aromatic heterocycles. The first kappa shape index (κ1) is 25.2. The Hall–Kier alpha value is -2.88. The number of rotatable bonds is 9. The lowest BCUT2D eigenvalue weighted by atomic mass is 10.1. The molecule has 6 heteroatoms. The van der Waals surface area contributed by atoms with Crippen LogP contribution in [0.25, 0.3) is 0 Å². The third-order valence-corrected chi connectivity index (χ3v) is 8.34. The highest BCUT2D eigenvalue weighted by Gasteiger charge is 2.40. The van der Waals surface area contributed by atoms with Gasteiger partial charge in [-0.3, -0.25) is 4.99 Å². The van der Waals surface area contributed by atoms with Crippen molar-refractivity contribution < 1.29 is 14.0 Å². The maximum absolute atomic E-state index is 7.02. The van der Waals surface area contributed by atoms with Crippen molar-refractivity contribution in [1.29, 1.82) is 0 Å². The SMILES string of the molecule is COc1cc(OC)cc(N2C[C@H](C(C)C)N=C2C(C)(C)OP(c2ccccc2)c2ccccc2)c1. The molecule has 0 aliphatic carbocycles. The van der Waals surface area contributed by atoms with Gasteiger partial charge in [-0.05, 0) is 19.8 Å². The zero-order chi connectivity index (χ0) is 25.0. The molecule has 0 saturated carbocycles. The minimum Gasteiger partial charge on any atom is -0.497 e. The number of hydrogen-bond acceptors (Lipinski definition) is 5. The highest BCUT2D eigenvalue weighted by Crippen LogP contribution is 2.43. The monoisotopic (exact) mass is 490 g/mol. The number of anilines is 1. The summed E-state index contributed by atoms with van der Waals surface area (Å²) in [6.45, 7) is 9.47. The molecule has 0 bridgehead atoms. The van der Waals surface area contributed by atoms with Crippen molar-refractivity contribution in [2.75, 3.05) is 25.7 Å². The van der Waals surface area contributed by atoms with Crippen LogP contribution in [0.15, 0.2) is 83.9 Å². The fraction of sp³-hybridized carbons (Fsp3) is 0.345. The molecule has 0 amide bonds. The molecule has 3 aromatic carbocycles. The highest BCUT2D eigenvalue weighted by molar-refractivity contribution is 7.68. The molecule has 0 unspecified atom stereocenters. The first-order valence-corrected chi connectivity index (χ1v) is 13.3. The summed E-state index contributed by atoms with van der Waals surface area (Å²) < 4.78 is 18.1. The Bertz CT molecular complexity index is 1090. The van der Waals surface area contributed by atoms with E-state index in [1.54, 1.807) is 14.2 Å². The van der Waals surface area contributed by atoms with Crippen LogP contribution < -0.4 is 25.0 Å². The quantitative estimate of drug-likeness (QED) is 0.356. The minimum absolute atomic E-state index is 0.171. The Kier molecular flexibility index (Phi) is 7.78. The van der Waals surface area contributed by atoms with E-state index in [2.05, 4.69) is 81.1 Å². The molecule has 1 atom stereocenters.